The first-order chi connectivity index (χ1) is 11.3. The van der Waals surface area contributed by atoms with Crippen molar-refractivity contribution in [2.75, 3.05) is 6.61 Å². The van der Waals surface area contributed by atoms with Crippen molar-refractivity contribution in [2.45, 2.75) is 19.5 Å². The zero-order chi connectivity index (χ0) is 16.1. The Hall–Kier alpha value is -2.84. The minimum atomic E-state index is 0.0492. The predicted octanol–water partition coefficient (Wildman–Crippen LogP) is 2.59. The fourth-order valence-electron chi connectivity index (χ4n) is 2.42. The number of pyridine rings is 1. The number of hydrogen-bond acceptors (Lipinski definition) is 4. The highest BCUT2D eigenvalue weighted by Gasteiger charge is 2.13. The maximum Gasteiger partial charge on any atom is 0.160 e. The van der Waals surface area contributed by atoms with E-state index < -0.39 is 0 Å². The highest BCUT2D eigenvalue weighted by atomic mass is 16.5. The Morgan fingerprint density at radius 2 is 2.04 bits per heavy atom. The maximum absolute atomic E-state index is 5.57. The zero-order valence-corrected chi connectivity index (χ0v) is 12.9. The molecule has 0 spiro atoms. The number of rotatable bonds is 6. The molecule has 2 heterocycles. The lowest BCUT2D eigenvalue weighted by atomic mass is 10.2. The van der Waals surface area contributed by atoms with Crippen molar-refractivity contribution in [1.82, 2.24) is 19.9 Å². The number of nitrogens with zero attached hydrogens (tertiary/aromatic N) is 3. The van der Waals surface area contributed by atoms with E-state index in [1.807, 2.05) is 53.1 Å². The molecule has 0 aliphatic heterocycles. The van der Waals surface area contributed by atoms with Crippen LogP contribution in [0.25, 0.3) is 5.65 Å². The van der Waals surface area contributed by atoms with E-state index in [0.29, 0.717) is 6.54 Å². The molecule has 3 rings (SSSR count). The minimum Gasteiger partial charge on any atom is -0.481 e. The molecule has 23 heavy (non-hydrogen) atoms. The smallest absolute Gasteiger partial charge is 0.160 e. The molecular formula is C18H18N4O. The number of nitrogens with one attached hydrogen (secondary N) is 1. The molecule has 0 amide bonds. The van der Waals surface area contributed by atoms with Crippen molar-refractivity contribution in [3.63, 3.8) is 0 Å². The molecule has 1 N–H and O–H groups in total. The number of aromatic nitrogens is 3. The fourth-order valence-corrected chi connectivity index (χ4v) is 2.42. The number of hydrogen-bond donors (Lipinski definition) is 1. The SMILES string of the molecule is C#CCOc1ccccc1CN[C@@H](C)c1nnc2ccccn12. The van der Waals surface area contributed by atoms with Crippen LogP contribution in [0.3, 0.4) is 0 Å². The van der Waals surface area contributed by atoms with Gasteiger partial charge in [0.05, 0.1) is 6.04 Å². The van der Waals surface area contributed by atoms with Crippen LogP contribution in [-0.4, -0.2) is 21.2 Å². The Bertz CT molecular complexity index is 834. The summed E-state index contributed by atoms with van der Waals surface area (Å²) in [5.74, 6) is 4.17. The summed E-state index contributed by atoms with van der Waals surface area (Å²) in [5.41, 5.74) is 1.90. The Morgan fingerprint density at radius 1 is 1.22 bits per heavy atom. The van der Waals surface area contributed by atoms with Crippen LogP contribution in [0.5, 0.6) is 5.75 Å². The lowest BCUT2D eigenvalue weighted by Crippen LogP contribution is -2.20. The van der Waals surface area contributed by atoms with Gasteiger partial charge in [0, 0.05) is 18.3 Å². The van der Waals surface area contributed by atoms with Crippen molar-refractivity contribution < 1.29 is 4.74 Å². The van der Waals surface area contributed by atoms with E-state index in [9.17, 15) is 0 Å². The molecule has 0 radical (unpaired) electrons. The van der Waals surface area contributed by atoms with Crippen molar-refractivity contribution >= 4 is 5.65 Å². The molecule has 0 saturated heterocycles. The van der Waals surface area contributed by atoms with E-state index in [1.165, 1.54) is 0 Å². The molecule has 5 nitrogen and oxygen atoms in total. The normalized spacial score (nSPS) is 12.0. The molecule has 5 heteroatoms. The molecule has 0 fully saturated rings. The van der Waals surface area contributed by atoms with Crippen molar-refractivity contribution in [3.8, 4) is 18.1 Å². The van der Waals surface area contributed by atoms with Crippen LogP contribution in [0.15, 0.2) is 48.7 Å². The molecule has 116 valence electrons. The topological polar surface area (TPSA) is 51.5 Å². The van der Waals surface area contributed by atoms with Crippen LogP contribution in [0.2, 0.25) is 0 Å². The Morgan fingerprint density at radius 3 is 2.91 bits per heavy atom. The van der Waals surface area contributed by atoms with Gasteiger partial charge in [0.25, 0.3) is 0 Å². The third-order valence-electron chi connectivity index (χ3n) is 3.61. The molecule has 0 bridgehead atoms. The summed E-state index contributed by atoms with van der Waals surface area (Å²) in [6.45, 7) is 2.99. The molecule has 2 aromatic heterocycles. The number of terminal acetylenes is 1. The Balaban J connectivity index is 1.72. The van der Waals surface area contributed by atoms with Crippen LogP contribution in [0.1, 0.15) is 24.4 Å². The number of benzene rings is 1. The Kier molecular flexibility index (Phi) is 4.55. The summed E-state index contributed by atoms with van der Waals surface area (Å²) in [4.78, 5) is 0. The molecule has 0 unspecified atom stereocenters. The monoisotopic (exact) mass is 306 g/mol. The first kappa shape index (κ1) is 15.1. The third kappa shape index (κ3) is 3.33. The highest BCUT2D eigenvalue weighted by molar-refractivity contribution is 5.37. The van der Waals surface area contributed by atoms with Gasteiger partial charge in [-0.15, -0.1) is 16.6 Å². The lowest BCUT2D eigenvalue weighted by molar-refractivity contribution is 0.363. The first-order valence-corrected chi connectivity index (χ1v) is 7.47. The quantitative estimate of drug-likeness (QED) is 0.711. The predicted molar refractivity (Wildman–Crippen MR) is 89.0 cm³/mol. The second-order valence-corrected chi connectivity index (χ2v) is 5.19. The summed E-state index contributed by atoms with van der Waals surface area (Å²) in [5, 5.41) is 11.9. The maximum atomic E-state index is 5.57. The van der Waals surface area contributed by atoms with E-state index in [1.54, 1.807) is 0 Å². The largest absolute Gasteiger partial charge is 0.481 e. The number of ether oxygens (including phenoxy) is 1. The summed E-state index contributed by atoms with van der Waals surface area (Å²) >= 11 is 0. The second-order valence-electron chi connectivity index (χ2n) is 5.19. The van der Waals surface area contributed by atoms with Gasteiger partial charge in [-0.25, -0.2) is 0 Å². The second kappa shape index (κ2) is 6.95. The average molecular weight is 306 g/mol. The van der Waals surface area contributed by atoms with Gasteiger partial charge in [-0.3, -0.25) is 4.40 Å². The lowest BCUT2D eigenvalue weighted by Gasteiger charge is -2.14. The van der Waals surface area contributed by atoms with Gasteiger partial charge in [-0.1, -0.05) is 30.2 Å². The standard InChI is InChI=1S/C18H18N4O/c1-3-12-23-16-9-5-4-8-15(16)13-19-14(2)18-21-20-17-10-6-7-11-22(17)18/h1,4-11,14,19H,12-13H2,2H3/t14-/m0/s1. The number of para-hydroxylation sites is 1. The molecule has 0 aliphatic rings. The van der Waals surface area contributed by atoms with E-state index in [4.69, 9.17) is 11.2 Å². The summed E-state index contributed by atoms with van der Waals surface area (Å²) in [6, 6.07) is 13.8. The fraction of sp³-hybridized carbons (Fsp3) is 0.222. The van der Waals surface area contributed by atoms with Crippen molar-refractivity contribution in [3.05, 3.63) is 60.0 Å². The molecule has 1 atom stereocenters. The van der Waals surface area contributed by atoms with E-state index in [0.717, 1.165) is 22.8 Å². The zero-order valence-electron chi connectivity index (χ0n) is 12.9. The minimum absolute atomic E-state index is 0.0492. The Labute approximate surface area is 135 Å². The van der Waals surface area contributed by atoms with Crippen LogP contribution < -0.4 is 10.1 Å². The molecule has 0 saturated carbocycles. The van der Waals surface area contributed by atoms with Gasteiger partial charge in [0.1, 0.15) is 12.4 Å². The van der Waals surface area contributed by atoms with Crippen LogP contribution in [0, 0.1) is 12.3 Å². The van der Waals surface area contributed by atoms with Crippen LogP contribution in [-0.2, 0) is 6.54 Å². The van der Waals surface area contributed by atoms with Crippen LogP contribution in [0.4, 0.5) is 0 Å². The average Bonchev–Trinajstić information content (AvgIpc) is 3.02. The van der Waals surface area contributed by atoms with E-state index in [2.05, 4.69) is 28.4 Å². The van der Waals surface area contributed by atoms with Crippen molar-refractivity contribution in [2.24, 2.45) is 0 Å². The number of fused-ring (bicyclic) bond motifs is 1. The summed E-state index contributed by atoms with van der Waals surface area (Å²) < 4.78 is 7.55. The molecular weight excluding hydrogens is 288 g/mol. The van der Waals surface area contributed by atoms with Gasteiger partial charge in [0.15, 0.2) is 11.5 Å². The molecule has 0 aliphatic carbocycles. The molecule has 1 aromatic carbocycles. The highest BCUT2D eigenvalue weighted by Crippen LogP contribution is 2.19. The molecule has 3 aromatic rings. The summed E-state index contributed by atoms with van der Waals surface area (Å²) in [6.07, 6.45) is 7.22. The van der Waals surface area contributed by atoms with Gasteiger partial charge >= 0.3 is 0 Å². The van der Waals surface area contributed by atoms with Gasteiger partial charge in [0.2, 0.25) is 0 Å². The first-order valence-electron chi connectivity index (χ1n) is 7.47. The van der Waals surface area contributed by atoms with E-state index in [-0.39, 0.29) is 12.6 Å². The third-order valence-corrected chi connectivity index (χ3v) is 3.61. The van der Waals surface area contributed by atoms with Crippen LogP contribution >= 0.6 is 0 Å². The summed E-state index contributed by atoms with van der Waals surface area (Å²) in [7, 11) is 0. The van der Waals surface area contributed by atoms with Gasteiger partial charge < -0.3 is 10.1 Å². The van der Waals surface area contributed by atoms with Gasteiger partial charge in [-0.2, -0.15) is 0 Å². The van der Waals surface area contributed by atoms with E-state index >= 15 is 0 Å². The van der Waals surface area contributed by atoms with Crippen molar-refractivity contribution in [1.29, 1.82) is 0 Å². The van der Waals surface area contributed by atoms with Gasteiger partial charge in [-0.05, 0) is 25.1 Å².